The van der Waals surface area contributed by atoms with Gasteiger partial charge >= 0.3 is 0 Å². The van der Waals surface area contributed by atoms with Gasteiger partial charge in [0.2, 0.25) is 0 Å². The van der Waals surface area contributed by atoms with E-state index in [1.807, 2.05) is 38.0 Å². The zero-order chi connectivity index (χ0) is 15.1. The second kappa shape index (κ2) is 5.13. The minimum atomic E-state index is -0.483. The summed E-state index contributed by atoms with van der Waals surface area (Å²) in [6, 6.07) is 0. The van der Waals surface area contributed by atoms with Crippen molar-refractivity contribution in [1.82, 2.24) is 14.7 Å². The first-order chi connectivity index (χ1) is 9.12. The zero-order valence-electron chi connectivity index (χ0n) is 13.4. The van der Waals surface area contributed by atoms with Gasteiger partial charge in [-0.1, -0.05) is 0 Å². The van der Waals surface area contributed by atoms with Crippen molar-refractivity contribution in [3.63, 3.8) is 0 Å². The Morgan fingerprint density at radius 2 is 2.00 bits per heavy atom. The highest BCUT2D eigenvalue weighted by Crippen LogP contribution is 2.42. The number of aryl methyl sites for hydroxylation is 1. The first kappa shape index (κ1) is 15.5. The summed E-state index contributed by atoms with van der Waals surface area (Å²) in [7, 11) is 3.99. The third-order valence-corrected chi connectivity index (χ3v) is 4.23. The number of rotatable bonds is 4. The van der Waals surface area contributed by atoms with Gasteiger partial charge in [-0.2, -0.15) is 5.10 Å². The van der Waals surface area contributed by atoms with Crippen LogP contribution in [0.25, 0.3) is 0 Å². The SMILES string of the molecule is CN(Cc1cnn(C)c1)CC1C(O)C(C)(C)OC1(C)C. The van der Waals surface area contributed by atoms with Crippen LogP contribution in [0, 0.1) is 5.92 Å². The highest BCUT2D eigenvalue weighted by molar-refractivity contribution is 5.05. The highest BCUT2D eigenvalue weighted by atomic mass is 16.5. The number of ether oxygens (including phenoxy) is 1. The van der Waals surface area contributed by atoms with Crippen LogP contribution in [0.15, 0.2) is 12.4 Å². The summed E-state index contributed by atoms with van der Waals surface area (Å²) in [5.41, 5.74) is 0.385. The molecular weight excluding hydrogens is 254 g/mol. The van der Waals surface area contributed by atoms with Crippen LogP contribution in [-0.2, 0) is 18.3 Å². The monoisotopic (exact) mass is 281 g/mol. The Balaban J connectivity index is 2.01. The van der Waals surface area contributed by atoms with Crippen molar-refractivity contribution in [3.8, 4) is 0 Å². The van der Waals surface area contributed by atoms with E-state index in [2.05, 4.69) is 30.9 Å². The quantitative estimate of drug-likeness (QED) is 0.907. The van der Waals surface area contributed by atoms with Crippen molar-refractivity contribution in [2.45, 2.75) is 51.5 Å². The van der Waals surface area contributed by atoms with Crippen LogP contribution in [0.4, 0.5) is 0 Å². The van der Waals surface area contributed by atoms with Gasteiger partial charge in [0.1, 0.15) is 0 Å². The molecule has 5 nitrogen and oxygen atoms in total. The maximum Gasteiger partial charge on any atom is 0.0896 e. The zero-order valence-corrected chi connectivity index (χ0v) is 13.4. The molecule has 1 N–H and O–H groups in total. The summed E-state index contributed by atoms with van der Waals surface area (Å²) >= 11 is 0. The van der Waals surface area contributed by atoms with E-state index in [1.54, 1.807) is 0 Å². The molecule has 0 amide bonds. The molecule has 1 aromatic heterocycles. The standard InChI is InChI=1S/C15H27N3O2/c1-14(2)12(13(19)15(3,4)20-14)10-17(5)8-11-7-16-18(6)9-11/h7,9,12-13,19H,8,10H2,1-6H3. The fourth-order valence-electron chi connectivity index (χ4n) is 3.26. The lowest BCUT2D eigenvalue weighted by atomic mass is 9.84. The predicted octanol–water partition coefficient (Wildman–Crippen LogP) is 1.42. The van der Waals surface area contributed by atoms with E-state index in [4.69, 9.17) is 4.74 Å². The molecule has 1 fully saturated rings. The molecule has 1 saturated heterocycles. The molecule has 0 spiro atoms. The summed E-state index contributed by atoms with van der Waals surface area (Å²) in [6.07, 6.45) is 3.45. The van der Waals surface area contributed by atoms with E-state index < -0.39 is 11.7 Å². The molecule has 1 aliphatic heterocycles. The average molecular weight is 281 g/mol. The van der Waals surface area contributed by atoms with E-state index in [0.29, 0.717) is 0 Å². The van der Waals surface area contributed by atoms with Crippen molar-refractivity contribution >= 4 is 0 Å². The Bertz CT molecular complexity index is 467. The van der Waals surface area contributed by atoms with Crippen LogP contribution in [-0.4, -0.2) is 50.7 Å². The van der Waals surface area contributed by atoms with E-state index in [9.17, 15) is 5.11 Å². The molecule has 0 aromatic carbocycles. The van der Waals surface area contributed by atoms with Crippen molar-refractivity contribution < 1.29 is 9.84 Å². The lowest BCUT2D eigenvalue weighted by Gasteiger charge is -2.30. The van der Waals surface area contributed by atoms with Gasteiger partial charge in [-0.25, -0.2) is 0 Å². The number of aliphatic hydroxyl groups is 1. The molecule has 0 saturated carbocycles. The second-order valence-electron chi connectivity index (χ2n) is 7.08. The minimum Gasteiger partial charge on any atom is -0.390 e. The molecule has 2 heterocycles. The second-order valence-corrected chi connectivity index (χ2v) is 7.08. The Morgan fingerprint density at radius 1 is 1.35 bits per heavy atom. The number of aliphatic hydroxyl groups excluding tert-OH is 1. The Hall–Kier alpha value is -0.910. The van der Waals surface area contributed by atoms with Gasteiger partial charge in [-0.15, -0.1) is 0 Å². The molecule has 1 aliphatic rings. The number of hydrogen-bond donors (Lipinski definition) is 1. The van der Waals surface area contributed by atoms with Crippen LogP contribution >= 0.6 is 0 Å². The molecule has 1 aromatic rings. The summed E-state index contributed by atoms with van der Waals surface area (Å²) in [6.45, 7) is 9.67. The summed E-state index contributed by atoms with van der Waals surface area (Å²) in [5.74, 6) is 0.0965. The molecule has 2 rings (SSSR count). The lowest BCUT2D eigenvalue weighted by Crippen LogP contribution is -2.42. The fraction of sp³-hybridized carbons (Fsp3) is 0.800. The van der Waals surface area contributed by atoms with Crippen LogP contribution in [0.3, 0.4) is 0 Å². The van der Waals surface area contributed by atoms with E-state index in [1.165, 1.54) is 5.56 Å². The summed E-state index contributed by atoms with van der Waals surface area (Å²) < 4.78 is 7.83. The molecule has 5 heteroatoms. The van der Waals surface area contributed by atoms with Crippen molar-refractivity contribution in [1.29, 1.82) is 0 Å². The summed E-state index contributed by atoms with van der Waals surface area (Å²) in [5, 5.41) is 14.7. The molecule has 0 radical (unpaired) electrons. The molecule has 0 bridgehead atoms. The maximum absolute atomic E-state index is 10.5. The van der Waals surface area contributed by atoms with E-state index >= 15 is 0 Å². The minimum absolute atomic E-state index is 0.0965. The van der Waals surface area contributed by atoms with Crippen molar-refractivity contribution in [2.24, 2.45) is 13.0 Å². The number of aromatic nitrogens is 2. The largest absolute Gasteiger partial charge is 0.390 e. The van der Waals surface area contributed by atoms with Gasteiger partial charge in [0, 0.05) is 37.8 Å². The predicted molar refractivity (Wildman–Crippen MR) is 78.3 cm³/mol. The average Bonchev–Trinajstić information content (AvgIpc) is 2.74. The van der Waals surface area contributed by atoms with Gasteiger partial charge in [0.05, 0.1) is 23.5 Å². The number of nitrogens with zero attached hydrogens (tertiary/aromatic N) is 3. The molecule has 0 aliphatic carbocycles. The van der Waals surface area contributed by atoms with Crippen LogP contribution in [0.5, 0.6) is 0 Å². The smallest absolute Gasteiger partial charge is 0.0896 e. The molecular formula is C15H27N3O2. The lowest BCUT2D eigenvalue weighted by molar-refractivity contribution is -0.0912. The van der Waals surface area contributed by atoms with Crippen LogP contribution < -0.4 is 0 Å². The first-order valence-electron chi connectivity index (χ1n) is 7.16. The maximum atomic E-state index is 10.5. The third-order valence-electron chi connectivity index (χ3n) is 4.23. The summed E-state index contributed by atoms with van der Waals surface area (Å²) in [4.78, 5) is 2.22. The van der Waals surface area contributed by atoms with E-state index in [-0.39, 0.29) is 11.5 Å². The van der Waals surface area contributed by atoms with Gasteiger partial charge < -0.3 is 14.7 Å². The fourth-order valence-corrected chi connectivity index (χ4v) is 3.26. The first-order valence-corrected chi connectivity index (χ1v) is 7.16. The topological polar surface area (TPSA) is 50.5 Å². The Kier molecular flexibility index (Phi) is 3.97. The van der Waals surface area contributed by atoms with Gasteiger partial charge in [-0.05, 0) is 34.7 Å². The van der Waals surface area contributed by atoms with Crippen LogP contribution in [0.1, 0.15) is 33.3 Å². The molecule has 2 atom stereocenters. The van der Waals surface area contributed by atoms with Gasteiger partial charge in [0.25, 0.3) is 0 Å². The van der Waals surface area contributed by atoms with E-state index in [0.717, 1.165) is 13.1 Å². The number of hydrogen-bond acceptors (Lipinski definition) is 4. The third kappa shape index (κ3) is 3.05. The molecule has 2 unspecified atom stereocenters. The Morgan fingerprint density at radius 3 is 2.45 bits per heavy atom. The van der Waals surface area contributed by atoms with Crippen LogP contribution in [0.2, 0.25) is 0 Å². The molecule has 20 heavy (non-hydrogen) atoms. The van der Waals surface area contributed by atoms with Crippen molar-refractivity contribution in [2.75, 3.05) is 13.6 Å². The highest BCUT2D eigenvalue weighted by Gasteiger charge is 2.53. The van der Waals surface area contributed by atoms with Gasteiger partial charge in [-0.3, -0.25) is 4.68 Å². The van der Waals surface area contributed by atoms with Crippen molar-refractivity contribution in [3.05, 3.63) is 18.0 Å². The van der Waals surface area contributed by atoms with Gasteiger partial charge in [0.15, 0.2) is 0 Å². The normalized spacial score (nSPS) is 28.2. The molecule has 114 valence electrons. The Labute approximate surface area is 121 Å².